The Morgan fingerprint density at radius 2 is 1.76 bits per heavy atom. The number of aromatic nitrogens is 2. The second-order valence-electron chi connectivity index (χ2n) is 5.06. The van der Waals surface area contributed by atoms with Crippen LogP contribution in [0, 0.1) is 0 Å². The van der Waals surface area contributed by atoms with E-state index in [9.17, 15) is 4.79 Å². The van der Waals surface area contributed by atoms with Crippen molar-refractivity contribution in [3.63, 3.8) is 0 Å². The van der Waals surface area contributed by atoms with Gasteiger partial charge in [0.1, 0.15) is 5.37 Å². The second kappa shape index (κ2) is 7.74. The maximum absolute atomic E-state index is 12.2. The summed E-state index contributed by atoms with van der Waals surface area (Å²) in [5.74, 6) is 0. The van der Waals surface area contributed by atoms with Crippen molar-refractivity contribution in [1.82, 2.24) is 15.3 Å². The highest BCUT2D eigenvalue weighted by Gasteiger charge is 2.35. The molecule has 0 bridgehead atoms. The van der Waals surface area contributed by atoms with Crippen molar-refractivity contribution in [2.75, 3.05) is 5.32 Å². The van der Waals surface area contributed by atoms with Gasteiger partial charge in [0.2, 0.25) is 3.79 Å². The number of urea groups is 1. The van der Waals surface area contributed by atoms with Crippen LogP contribution in [0.3, 0.4) is 0 Å². The molecule has 3 aromatic rings. The minimum Gasteiger partial charge on any atom is -0.333 e. The molecule has 0 saturated heterocycles. The van der Waals surface area contributed by atoms with Crippen molar-refractivity contribution >= 4 is 69.3 Å². The van der Waals surface area contributed by atoms with Gasteiger partial charge in [-0.05, 0) is 24.3 Å². The number of carbonyl (C=O) groups excluding carboxylic acids is 1. The smallest absolute Gasteiger partial charge is 0.320 e. The monoisotopic (exact) mass is 414 g/mol. The first-order valence-corrected chi connectivity index (χ1v) is 9.24. The summed E-state index contributed by atoms with van der Waals surface area (Å²) >= 11 is 19.2. The average Bonchev–Trinajstić information content (AvgIpc) is 2.96. The van der Waals surface area contributed by atoms with E-state index in [2.05, 4.69) is 20.6 Å². The van der Waals surface area contributed by atoms with E-state index in [1.807, 2.05) is 42.5 Å². The van der Waals surface area contributed by atoms with Crippen molar-refractivity contribution in [3.05, 3.63) is 54.6 Å². The third kappa shape index (κ3) is 4.95. The summed E-state index contributed by atoms with van der Waals surface area (Å²) in [6.07, 6.45) is 0. The van der Waals surface area contributed by atoms with Gasteiger partial charge < -0.3 is 15.6 Å². The molecular formula is C16H13Cl3N4OS. The average molecular weight is 416 g/mol. The number of carbonyl (C=O) groups is 1. The zero-order valence-corrected chi connectivity index (χ0v) is 15.8. The summed E-state index contributed by atoms with van der Waals surface area (Å²) in [4.78, 5) is 19.7. The predicted molar refractivity (Wildman–Crippen MR) is 105 cm³/mol. The third-order valence-electron chi connectivity index (χ3n) is 3.19. The van der Waals surface area contributed by atoms with Crippen molar-refractivity contribution in [3.8, 4) is 0 Å². The number of aromatic amines is 1. The zero-order chi connectivity index (χ0) is 17.9. The van der Waals surface area contributed by atoms with Gasteiger partial charge in [-0.15, -0.1) is 0 Å². The van der Waals surface area contributed by atoms with Gasteiger partial charge in [0.05, 0.1) is 11.0 Å². The molecule has 0 aliphatic heterocycles. The van der Waals surface area contributed by atoms with Crippen LogP contribution in [0.4, 0.5) is 10.5 Å². The lowest BCUT2D eigenvalue weighted by molar-refractivity contribution is 0.251. The minimum atomic E-state index is -1.72. The summed E-state index contributed by atoms with van der Waals surface area (Å²) < 4.78 is -1.72. The highest BCUT2D eigenvalue weighted by molar-refractivity contribution is 8.00. The molecule has 0 spiro atoms. The van der Waals surface area contributed by atoms with Gasteiger partial charge in [0, 0.05) is 5.69 Å². The molecule has 0 unspecified atom stereocenters. The molecule has 2 amide bonds. The maximum Gasteiger partial charge on any atom is 0.320 e. The number of thioether (sulfide) groups is 1. The van der Waals surface area contributed by atoms with Crippen LogP contribution in [0.25, 0.3) is 11.0 Å². The number of nitrogens with one attached hydrogen (secondary N) is 3. The summed E-state index contributed by atoms with van der Waals surface area (Å²) in [6, 6.07) is 16.1. The number of para-hydroxylation sites is 3. The van der Waals surface area contributed by atoms with Gasteiger partial charge in [-0.25, -0.2) is 9.78 Å². The molecule has 0 radical (unpaired) electrons. The number of amides is 2. The van der Waals surface area contributed by atoms with Crippen molar-refractivity contribution < 1.29 is 4.79 Å². The number of hydrogen-bond donors (Lipinski definition) is 3. The lowest BCUT2D eigenvalue weighted by Crippen LogP contribution is -2.43. The number of alkyl halides is 3. The third-order valence-corrected chi connectivity index (χ3v) is 5.35. The Morgan fingerprint density at radius 1 is 1.08 bits per heavy atom. The van der Waals surface area contributed by atoms with Crippen LogP contribution in [0.1, 0.15) is 0 Å². The first kappa shape index (κ1) is 18.2. The Balaban J connectivity index is 1.72. The van der Waals surface area contributed by atoms with Gasteiger partial charge in [0.25, 0.3) is 0 Å². The quantitative estimate of drug-likeness (QED) is 0.313. The normalized spacial score (nSPS) is 12.8. The number of imidazole rings is 1. The number of H-pyrrole nitrogens is 1. The molecule has 3 N–H and O–H groups in total. The topological polar surface area (TPSA) is 69.8 Å². The van der Waals surface area contributed by atoms with Gasteiger partial charge >= 0.3 is 6.03 Å². The van der Waals surface area contributed by atoms with Crippen LogP contribution in [0.2, 0.25) is 0 Å². The van der Waals surface area contributed by atoms with E-state index < -0.39 is 15.2 Å². The molecule has 0 aliphatic carbocycles. The Labute approximate surface area is 163 Å². The molecule has 130 valence electrons. The molecule has 25 heavy (non-hydrogen) atoms. The Bertz CT molecular complexity index is 833. The number of benzene rings is 2. The van der Waals surface area contributed by atoms with Gasteiger partial charge in [0.15, 0.2) is 5.16 Å². The van der Waals surface area contributed by atoms with Crippen molar-refractivity contribution in [2.24, 2.45) is 0 Å². The van der Waals surface area contributed by atoms with E-state index in [1.165, 1.54) is 0 Å². The van der Waals surface area contributed by atoms with Gasteiger partial charge in [-0.2, -0.15) is 0 Å². The SMILES string of the molecule is O=C(Nc1ccccc1)N[C@@H](Sc1nc2ccccc2[nH]1)C(Cl)(Cl)Cl. The molecule has 0 saturated carbocycles. The lowest BCUT2D eigenvalue weighted by atomic mass is 10.3. The Kier molecular flexibility index (Phi) is 5.64. The van der Waals surface area contributed by atoms with E-state index in [-0.39, 0.29) is 0 Å². The highest BCUT2D eigenvalue weighted by Crippen LogP contribution is 2.38. The Morgan fingerprint density at radius 3 is 2.44 bits per heavy atom. The van der Waals surface area contributed by atoms with E-state index in [0.717, 1.165) is 22.8 Å². The van der Waals surface area contributed by atoms with Crippen molar-refractivity contribution in [2.45, 2.75) is 14.3 Å². The van der Waals surface area contributed by atoms with Crippen LogP contribution < -0.4 is 10.6 Å². The fraction of sp³-hybridized carbons (Fsp3) is 0.125. The number of fused-ring (bicyclic) bond motifs is 1. The van der Waals surface area contributed by atoms with E-state index >= 15 is 0 Å². The summed E-state index contributed by atoms with van der Waals surface area (Å²) in [5.41, 5.74) is 2.29. The minimum absolute atomic E-state index is 0.480. The van der Waals surface area contributed by atoms with Gasteiger partial charge in [-0.3, -0.25) is 0 Å². The first-order valence-electron chi connectivity index (χ1n) is 7.22. The van der Waals surface area contributed by atoms with Crippen LogP contribution in [-0.2, 0) is 0 Å². The molecule has 3 rings (SSSR count). The molecule has 0 aliphatic rings. The van der Waals surface area contributed by atoms with Crippen molar-refractivity contribution in [1.29, 1.82) is 0 Å². The van der Waals surface area contributed by atoms with E-state index in [4.69, 9.17) is 34.8 Å². The number of hydrogen-bond acceptors (Lipinski definition) is 3. The summed E-state index contributed by atoms with van der Waals surface area (Å²) in [7, 11) is 0. The van der Waals surface area contributed by atoms with E-state index in [1.54, 1.807) is 12.1 Å². The molecule has 1 aromatic heterocycles. The van der Waals surface area contributed by atoms with Crippen LogP contribution in [0.15, 0.2) is 59.8 Å². The number of rotatable bonds is 4. The number of anilines is 1. The van der Waals surface area contributed by atoms with Crippen LogP contribution in [-0.4, -0.2) is 25.2 Å². The predicted octanol–water partition coefficient (Wildman–Crippen LogP) is 5.17. The standard InChI is InChI=1S/C16H13Cl3N4OS/c17-16(18,19)13(23-14(24)20-10-6-2-1-3-7-10)25-15-21-11-8-4-5-9-12(11)22-15/h1-9,13H,(H,21,22)(H2,20,23,24)/t13-/m0/s1. The van der Waals surface area contributed by atoms with E-state index in [0.29, 0.717) is 10.8 Å². The second-order valence-corrected chi connectivity index (χ2v) is 8.53. The molecule has 2 aromatic carbocycles. The van der Waals surface area contributed by atoms with Gasteiger partial charge in [-0.1, -0.05) is 76.9 Å². The largest absolute Gasteiger partial charge is 0.333 e. The number of nitrogens with zero attached hydrogens (tertiary/aromatic N) is 1. The van der Waals surface area contributed by atoms with Crippen LogP contribution >= 0.6 is 46.6 Å². The summed E-state index contributed by atoms with van der Waals surface area (Å²) in [6.45, 7) is 0. The molecular weight excluding hydrogens is 403 g/mol. The lowest BCUT2D eigenvalue weighted by Gasteiger charge is -2.24. The first-order chi connectivity index (χ1) is 11.9. The Hall–Kier alpha value is -1.60. The fourth-order valence-corrected chi connectivity index (χ4v) is 3.49. The molecule has 0 fully saturated rings. The highest BCUT2D eigenvalue weighted by atomic mass is 35.6. The molecule has 1 atom stereocenters. The van der Waals surface area contributed by atoms with Crippen LogP contribution in [0.5, 0.6) is 0 Å². The molecule has 9 heteroatoms. The molecule has 5 nitrogen and oxygen atoms in total. The number of halogens is 3. The fourth-order valence-electron chi connectivity index (χ4n) is 2.08. The summed E-state index contributed by atoms with van der Waals surface area (Å²) in [5, 5.41) is 5.04. The maximum atomic E-state index is 12.2. The molecule has 1 heterocycles. The zero-order valence-electron chi connectivity index (χ0n) is 12.7.